The molecular weight excluding hydrogens is 262 g/mol. The maximum absolute atomic E-state index is 11.8. The number of benzene rings is 1. The van der Waals surface area contributed by atoms with Crippen molar-refractivity contribution in [3.05, 3.63) is 59.9 Å². The number of aromatic nitrogens is 1. The summed E-state index contributed by atoms with van der Waals surface area (Å²) in [6.07, 6.45) is 3.18. The van der Waals surface area contributed by atoms with Crippen molar-refractivity contribution in [2.75, 3.05) is 25.5 Å². The third kappa shape index (κ3) is 4.08. The van der Waals surface area contributed by atoms with Gasteiger partial charge in [-0.3, -0.25) is 9.78 Å². The number of para-hydroxylation sites is 1. The Balaban J connectivity index is 1.97. The standard InChI is InChI=1S/C17H17N3O/c1-20(2)16-8-4-3-6-14(16)7-5-11-19-17(21)15-9-12-18-13-10-15/h3-4,6,8-10,12-13H,11H2,1-2H3,(H,19,21). The van der Waals surface area contributed by atoms with Crippen LogP contribution in [0.1, 0.15) is 15.9 Å². The summed E-state index contributed by atoms with van der Waals surface area (Å²) < 4.78 is 0. The second-order valence-corrected chi connectivity index (χ2v) is 4.63. The van der Waals surface area contributed by atoms with Crippen LogP contribution in [0.5, 0.6) is 0 Å². The fourth-order valence-corrected chi connectivity index (χ4v) is 1.84. The average Bonchev–Trinajstić information content (AvgIpc) is 2.52. The number of carbonyl (C=O) groups is 1. The molecule has 0 bridgehead atoms. The Kier molecular flexibility index (Phi) is 4.94. The highest BCUT2D eigenvalue weighted by Gasteiger charge is 2.02. The maximum atomic E-state index is 11.8. The number of amides is 1. The van der Waals surface area contributed by atoms with Gasteiger partial charge in [0.2, 0.25) is 0 Å². The number of hydrogen-bond acceptors (Lipinski definition) is 3. The number of carbonyl (C=O) groups excluding carboxylic acids is 1. The van der Waals surface area contributed by atoms with E-state index < -0.39 is 0 Å². The Hall–Kier alpha value is -2.80. The number of rotatable bonds is 3. The van der Waals surface area contributed by atoms with Crippen molar-refractivity contribution >= 4 is 11.6 Å². The summed E-state index contributed by atoms with van der Waals surface area (Å²) in [4.78, 5) is 17.7. The Morgan fingerprint density at radius 2 is 1.90 bits per heavy atom. The Bertz CT molecular complexity index is 669. The molecule has 1 heterocycles. The molecule has 1 N–H and O–H groups in total. The molecular formula is C17H17N3O. The van der Waals surface area contributed by atoms with Crippen LogP contribution in [0.4, 0.5) is 5.69 Å². The summed E-state index contributed by atoms with van der Waals surface area (Å²) in [5, 5.41) is 2.76. The molecule has 1 amide bonds. The number of nitrogens with zero attached hydrogens (tertiary/aromatic N) is 2. The van der Waals surface area contributed by atoms with Crippen LogP contribution in [0, 0.1) is 11.8 Å². The van der Waals surface area contributed by atoms with Gasteiger partial charge in [-0.05, 0) is 24.3 Å². The molecule has 0 spiro atoms. The minimum atomic E-state index is -0.146. The smallest absolute Gasteiger partial charge is 0.252 e. The Labute approximate surface area is 124 Å². The van der Waals surface area contributed by atoms with Crippen molar-refractivity contribution in [1.29, 1.82) is 0 Å². The molecule has 1 aromatic carbocycles. The Morgan fingerprint density at radius 3 is 2.62 bits per heavy atom. The zero-order valence-electron chi connectivity index (χ0n) is 12.1. The van der Waals surface area contributed by atoms with E-state index in [0.717, 1.165) is 11.3 Å². The van der Waals surface area contributed by atoms with E-state index >= 15 is 0 Å². The zero-order chi connectivity index (χ0) is 15.1. The number of nitrogens with one attached hydrogen (secondary N) is 1. The molecule has 4 nitrogen and oxygen atoms in total. The highest BCUT2D eigenvalue weighted by molar-refractivity contribution is 5.94. The zero-order valence-corrected chi connectivity index (χ0v) is 12.1. The van der Waals surface area contributed by atoms with Gasteiger partial charge in [0.25, 0.3) is 5.91 Å². The molecule has 0 aliphatic rings. The van der Waals surface area contributed by atoms with Crippen LogP contribution in [-0.4, -0.2) is 31.5 Å². The van der Waals surface area contributed by atoms with Gasteiger partial charge >= 0.3 is 0 Å². The fourth-order valence-electron chi connectivity index (χ4n) is 1.84. The normalized spacial score (nSPS) is 9.43. The summed E-state index contributed by atoms with van der Waals surface area (Å²) in [6.45, 7) is 0.308. The van der Waals surface area contributed by atoms with Crippen molar-refractivity contribution in [2.45, 2.75) is 0 Å². The summed E-state index contributed by atoms with van der Waals surface area (Å²) in [5.74, 6) is 5.91. The lowest BCUT2D eigenvalue weighted by atomic mass is 10.1. The molecule has 0 aliphatic heterocycles. The molecule has 0 atom stereocenters. The van der Waals surface area contributed by atoms with Gasteiger partial charge in [-0.1, -0.05) is 24.0 Å². The van der Waals surface area contributed by atoms with Crippen molar-refractivity contribution < 1.29 is 4.79 Å². The predicted molar refractivity (Wildman–Crippen MR) is 84.2 cm³/mol. The van der Waals surface area contributed by atoms with Crippen LogP contribution >= 0.6 is 0 Å². The van der Waals surface area contributed by atoms with E-state index in [0.29, 0.717) is 12.1 Å². The summed E-state index contributed by atoms with van der Waals surface area (Å²) in [5.41, 5.74) is 2.59. The predicted octanol–water partition coefficient (Wildman–Crippen LogP) is 1.93. The van der Waals surface area contributed by atoms with Gasteiger partial charge in [0.05, 0.1) is 12.2 Å². The Morgan fingerprint density at radius 1 is 1.19 bits per heavy atom. The van der Waals surface area contributed by atoms with Crippen molar-refractivity contribution in [3.63, 3.8) is 0 Å². The minimum Gasteiger partial charge on any atom is -0.377 e. The lowest BCUT2D eigenvalue weighted by Crippen LogP contribution is -2.23. The first-order valence-corrected chi connectivity index (χ1v) is 6.62. The first kappa shape index (κ1) is 14.6. The first-order chi connectivity index (χ1) is 10.2. The van der Waals surface area contributed by atoms with Gasteiger partial charge in [0.1, 0.15) is 0 Å². The van der Waals surface area contributed by atoms with Crippen LogP contribution in [0.2, 0.25) is 0 Å². The van der Waals surface area contributed by atoms with E-state index in [4.69, 9.17) is 0 Å². The molecule has 21 heavy (non-hydrogen) atoms. The van der Waals surface area contributed by atoms with Crippen LogP contribution < -0.4 is 10.2 Å². The number of hydrogen-bond donors (Lipinski definition) is 1. The van der Waals surface area contributed by atoms with Crippen LogP contribution in [0.15, 0.2) is 48.8 Å². The van der Waals surface area contributed by atoms with Gasteiger partial charge < -0.3 is 10.2 Å². The van der Waals surface area contributed by atoms with Crippen molar-refractivity contribution in [1.82, 2.24) is 10.3 Å². The van der Waals surface area contributed by atoms with E-state index in [9.17, 15) is 4.79 Å². The van der Waals surface area contributed by atoms with Gasteiger partial charge in [0, 0.05) is 37.6 Å². The summed E-state index contributed by atoms with van der Waals surface area (Å²) >= 11 is 0. The second kappa shape index (κ2) is 7.11. The fraction of sp³-hybridized carbons (Fsp3) is 0.176. The van der Waals surface area contributed by atoms with E-state index in [1.807, 2.05) is 43.3 Å². The topological polar surface area (TPSA) is 45.2 Å². The third-order valence-corrected chi connectivity index (χ3v) is 2.89. The molecule has 0 fully saturated rings. The second-order valence-electron chi connectivity index (χ2n) is 4.63. The summed E-state index contributed by atoms with van der Waals surface area (Å²) in [6, 6.07) is 11.2. The average molecular weight is 279 g/mol. The lowest BCUT2D eigenvalue weighted by molar-refractivity contribution is 0.0958. The molecule has 0 aliphatic carbocycles. The summed E-state index contributed by atoms with van der Waals surface area (Å²) in [7, 11) is 3.96. The van der Waals surface area contributed by atoms with Gasteiger partial charge in [0.15, 0.2) is 0 Å². The first-order valence-electron chi connectivity index (χ1n) is 6.62. The monoisotopic (exact) mass is 279 g/mol. The molecule has 0 radical (unpaired) electrons. The highest BCUT2D eigenvalue weighted by atomic mass is 16.1. The third-order valence-electron chi connectivity index (χ3n) is 2.89. The molecule has 4 heteroatoms. The van der Waals surface area contributed by atoms with Crippen LogP contribution in [0.25, 0.3) is 0 Å². The number of anilines is 1. The maximum Gasteiger partial charge on any atom is 0.252 e. The van der Waals surface area contributed by atoms with E-state index in [1.54, 1.807) is 24.5 Å². The highest BCUT2D eigenvalue weighted by Crippen LogP contribution is 2.16. The molecule has 106 valence electrons. The van der Waals surface area contributed by atoms with Gasteiger partial charge in [-0.15, -0.1) is 0 Å². The van der Waals surface area contributed by atoms with Crippen molar-refractivity contribution in [2.24, 2.45) is 0 Å². The molecule has 0 saturated carbocycles. The SMILES string of the molecule is CN(C)c1ccccc1C#CCNC(=O)c1ccncc1. The molecule has 0 unspecified atom stereocenters. The van der Waals surface area contributed by atoms with Crippen LogP contribution in [-0.2, 0) is 0 Å². The van der Waals surface area contributed by atoms with E-state index in [2.05, 4.69) is 22.1 Å². The largest absolute Gasteiger partial charge is 0.377 e. The minimum absolute atomic E-state index is 0.146. The molecule has 0 saturated heterocycles. The molecule has 1 aromatic heterocycles. The van der Waals surface area contributed by atoms with Crippen molar-refractivity contribution in [3.8, 4) is 11.8 Å². The quantitative estimate of drug-likeness (QED) is 0.873. The van der Waals surface area contributed by atoms with Crippen LogP contribution in [0.3, 0.4) is 0 Å². The van der Waals surface area contributed by atoms with Gasteiger partial charge in [-0.25, -0.2) is 0 Å². The van der Waals surface area contributed by atoms with Gasteiger partial charge in [-0.2, -0.15) is 0 Å². The van der Waals surface area contributed by atoms with E-state index in [-0.39, 0.29) is 5.91 Å². The number of pyridine rings is 1. The van der Waals surface area contributed by atoms with E-state index in [1.165, 1.54) is 0 Å². The molecule has 2 rings (SSSR count). The molecule has 2 aromatic rings. The lowest BCUT2D eigenvalue weighted by Gasteiger charge is -2.13.